The number of piperazine rings is 1. The molecule has 1 aliphatic heterocycles. The smallest absolute Gasteiger partial charge is 0.253 e. The highest BCUT2D eigenvalue weighted by molar-refractivity contribution is 5.95. The zero-order chi connectivity index (χ0) is 20.4. The topological polar surface area (TPSA) is 41.4 Å². The van der Waals surface area contributed by atoms with E-state index in [-0.39, 0.29) is 11.9 Å². The van der Waals surface area contributed by atoms with E-state index >= 15 is 0 Å². The number of likely N-dealkylation sites (N-methyl/N-ethyl adjacent to an activating group) is 1. The van der Waals surface area contributed by atoms with Gasteiger partial charge in [0.05, 0.1) is 12.2 Å². The average molecular weight is 389 g/mol. The zero-order valence-corrected chi connectivity index (χ0v) is 17.4. The molecule has 1 atom stereocenters. The van der Waals surface area contributed by atoms with Crippen molar-refractivity contribution in [2.75, 3.05) is 26.7 Å². The lowest BCUT2D eigenvalue weighted by atomic mass is 10.00. The van der Waals surface area contributed by atoms with Crippen LogP contribution in [0.25, 0.3) is 11.1 Å². The van der Waals surface area contributed by atoms with E-state index in [1.54, 1.807) is 0 Å². The summed E-state index contributed by atoms with van der Waals surface area (Å²) in [5.41, 5.74) is 5.33. The Morgan fingerprint density at radius 2 is 1.86 bits per heavy atom. The van der Waals surface area contributed by atoms with E-state index in [2.05, 4.69) is 54.3 Å². The summed E-state index contributed by atoms with van der Waals surface area (Å²) in [6, 6.07) is 18.6. The summed E-state index contributed by atoms with van der Waals surface area (Å²) >= 11 is 0. The molecule has 1 aliphatic rings. The van der Waals surface area contributed by atoms with Crippen molar-refractivity contribution in [2.24, 2.45) is 7.05 Å². The molecule has 0 unspecified atom stereocenters. The fourth-order valence-corrected chi connectivity index (χ4v) is 4.22. The Hall–Kier alpha value is -2.92. The molecular weight excluding hydrogens is 360 g/mol. The van der Waals surface area contributed by atoms with Gasteiger partial charge in [-0.25, -0.2) is 0 Å². The zero-order valence-electron chi connectivity index (χ0n) is 17.4. The fourth-order valence-electron chi connectivity index (χ4n) is 4.22. The van der Waals surface area contributed by atoms with Gasteiger partial charge in [-0.2, -0.15) is 5.10 Å². The molecule has 0 N–H and O–H groups in total. The van der Waals surface area contributed by atoms with Crippen molar-refractivity contribution in [3.8, 4) is 11.1 Å². The molecule has 0 bridgehead atoms. The highest BCUT2D eigenvalue weighted by Gasteiger charge is 2.29. The van der Waals surface area contributed by atoms with E-state index in [4.69, 9.17) is 0 Å². The van der Waals surface area contributed by atoms with Crippen LogP contribution in [0.4, 0.5) is 0 Å². The lowest BCUT2D eigenvalue weighted by molar-refractivity contribution is 0.0546. The number of carbonyl (C=O) groups is 1. The quantitative estimate of drug-likeness (QED) is 0.683. The molecule has 2 aromatic carbocycles. The van der Waals surface area contributed by atoms with Crippen molar-refractivity contribution in [1.82, 2.24) is 19.6 Å². The SMILES string of the molecule is CCc1c(-c2cccc(C(=O)N3CCN(C)[C@H](c4ccccc4)C3)c2)cnn1C. The first-order valence-corrected chi connectivity index (χ1v) is 10.2. The van der Waals surface area contributed by atoms with Gasteiger partial charge >= 0.3 is 0 Å². The van der Waals surface area contributed by atoms with Gasteiger partial charge in [-0.15, -0.1) is 0 Å². The minimum atomic E-state index is 0.0998. The van der Waals surface area contributed by atoms with Gasteiger partial charge in [-0.05, 0) is 36.7 Å². The third-order valence-electron chi connectivity index (χ3n) is 5.94. The van der Waals surface area contributed by atoms with Gasteiger partial charge in [-0.1, -0.05) is 49.4 Å². The summed E-state index contributed by atoms with van der Waals surface area (Å²) in [5.74, 6) is 0.0998. The molecule has 0 saturated carbocycles. The Morgan fingerprint density at radius 1 is 1.07 bits per heavy atom. The van der Waals surface area contributed by atoms with E-state index in [1.165, 1.54) is 11.3 Å². The predicted molar refractivity (Wildman–Crippen MR) is 116 cm³/mol. The number of hydrogen-bond acceptors (Lipinski definition) is 3. The summed E-state index contributed by atoms with van der Waals surface area (Å²) in [6.07, 6.45) is 2.80. The second-order valence-corrected chi connectivity index (χ2v) is 7.72. The highest BCUT2D eigenvalue weighted by atomic mass is 16.2. The van der Waals surface area contributed by atoms with Gasteiger partial charge in [0.2, 0.25) is 0 Å². The maximum Gasteiger partial charge on any atom is 0.253 e. The van der Waals surface area contributed by atoms with E-state index < -0.39 is 0 Å². The summed E-state index contributed by atoms with van der Waals surface area (Å²) in [7, 11) is 4.10. The second kappa shape index (κ2) is 8.21. The van der Waals surface area contributed by atoms with Gasteiger partial charge < -0.3 is 4.90 Å². The minimum Gasteiger partial charge on any atom is -0.335 e. The molecule has 5 nitrogen and oxygen atoms in total. The molecule has 2 heterocycles. The number of nitrogens with zero attached hydrogens (tertiary/aromatic N) is 4. The molecule has 1 fully saturated rings. The Balaban J connectivity index is 1.58. The van der Waals surface area contributed by atoms with Crippen LogP contribution >= 0.6 is 0 Å². The van der Waals surface area contributed by atoms with Crippen LogP contribution < -0.4 is 0 Å². The summed E-state index contributed by atoms with van der Waals surface area (Å²) < 4.78 is 1.91. The summed E-state index contributed by atoms with van der Waals surface area (Å²) in [5, 5.41) is 4.40. The van der Waals surface area contributed by atoms with Crippen LogP contribution in [-0.2, 0) is 13.5 Å². The number of carbonyl (C=O) groups excluding carboxylic acids is 1. The number of hydrogen-bond donors (Lipinski definition) is 0. The monoisotopic (exact) mass is 388 g/mol. The fraction of sp³-hybridized carbons (Fsp3) is 0.333. The number of benzene rings is 2. The molecule has 1 saturated heterocycles. The summed E-state index contributed by atoms with van der Waals surface area (Å²) in [4.78, 5) is 17.6. The molecular formula is C24H28N4O. The maximum atomic E-state index is 13.3. The highest BCUT2D eigenvalue weighted by Crippen LogP contribution is 2.27. The van der Waals surface area contributed by atoms with Gasteiger partial charge in [0.1, 0.15) is 0 Å². The number of amides is 1. The van der Waals surface area contributed by atoms with Crippen LogP contribution in [0, 0.1) is 0 Å². The molecule has 1 aromatic heterocycles. The van der Waals surface area contributed by atoms with Gasteiger partial charge in [0, 0.05) is 43.5 Å². The standard InChI is InChI=1S/C24H28N4O/c1-4-22-21(16-25-27(22)3)19-11-8-12-20(15-19)24(29)28-14-13-26(2)23(17-28)18-9-6-5-7-10-18/h5-12,15-16,23H,4,13-14,17H2,1-3H3/t23-/m0/s1. The van der Waals surface area contributed by atoms with E-state index in [0.717, 1.165) is 36.2 Å². The average Bonchev–Trinajstić information content (AvgIpc) is 3.14. The van der Waals surface area contributed by atoms with Gasteiger partial charge in [0.15, 0.2) is 0 Å². The lowest BCUT2D eigenvalue weighted by Gasteiger charge is -2.39. The lowest BCUT2D eigenvalue weighted by Crippen LogP contribution is -2.49. The molecule has 3 aromatic rings. The van der Waals surface area contributed by atoms with Gasteiger partial charge in [0.25, 0.3) is 5.91 Å². The number of aryl methyl sites for hydroxylation is 1. The summed E-state index contributed by atoms with van der Waals surface area (Å²) in [6.45, 7) is 4.45. The molecule has 0 aliphatic carbocycles. The minimum absolute atomic E-state index is 0.0998. The van der Waals surface area contributed by atoms with Crippen LogP contribution in [0.1, 0.15) is 34.6 Å². The Bertz CT molecular complexity index is 995. The molecule has 29 heavy (non-hydrogen) atoms. The largest absolute Gasteiger partial charge is 0.335 e. The predicted octanol–water partition coefficient (Wildman–Crippen LogP) is 3.78. The molecule has 0 radical (unpaired) electrons. The molecule has 5 heteroatoms. The van der Waals surface area contributed by atoms with Crippen LogP contribution in [0.3, 0.4) is 0 Å². The Morgan fingerprint density at radius 3 is 2.62 bits per heavy atom. The Labute approximate surface area is 172 Å². The normalized spacial score (nSPS) is 17.5. The van der Waals surface area contributed by atoms with Crippen molar-refractivity contribution in [1.29, 1.82) is 0 Å². The van der Waals surface area contributed by atoms with Crippen LogP contribution in [0.15, 0.2) is 60.8 Å². The van der Waals surface area contributed by atoms with E-state index in [9.17, 15) is 4.79 Å². The molecule has 150 valence electrons. The third kappa shape index (κ3) is 3.83. The number of aromatic nitrogens is 2. The van der Waals surface area contributed by atoms with Crippen LogP contribution in [-0.4, -0.2) is 52.2 Å². The van der Waals surface area contributed by atoms with Crippen LogP contribution in [0.5, 0.6) is 0 Å². The van der Waals surface area contributed by atoms with E-state index in [0.29, 0.717) is 6.54 Å². The molecule has 0 spiro atoms. The molecule has 1 amide bonds. The van der Waals surface area contributed by atoms with Crippen molar-refractivity contribution >= 4 is 5.91 Å². The first kappa shape index (κ1) is 19.4. The van der Waals surface area contributed by atoms with Crippen LogP contribution in [0.2, 0.25) is 0 Å². The first-order valence-electron chi connectivity index (χ1n) is 10.2. The third-order valence-corrected chi connectivity index (χ3v) is 5.94. The maximum absolute atomic E-state index is 13.3. The van der Waals surface area contributed by atoms with Crippen molar-refractivity contribution in [3.05, 3.63) is 77.6 Å². The second-order valence-electron chi connectivity index (χ2n) is 7.72. The van der Waals surface area contributed by atoms with Crippen molar-refractivity contribution in [2.45, 2.75) is 19.4 Å². The first-order chi connectivity index (χ1) is 14.1. The Kier molecular flexibility index (Phi) is 5.49. The van der Waals surface area contributed by atoms with E-state index in [1.807, 2.05) is 47.1 Å². The van der Waals surface area contributed by atoms with Crippen molar-refractivity contribution < 1.29 is 4.79 Å². The van der Waals surface area contributed by atoms with Crippen molar-refractivity contribution in [3.63, 3.8) is 0 Å². The van der Waals surface area contributed by atoms with Gasteiger partial charge in [-0.3, -0.25) is 14.4 Å². The number of rotatable bonds is 4. The molecule has 4 rings (SSSR count).